The molecule has 0 spiro atoms. The van der Waals surface area contributed by atoms with Crippen LogP contribution in [-0.2, 0) is 18.5 Å². The fourth-order valence-corrected chi connectivity index (χ4v) is 3.66. The lowest BCUT2D eigenvalue weighted by atomic mass is 9.94. The summed E-state index contributed by atoms with van der Waals surface area (Å²) in [4.78, 5) is 0. The topological polar surface area (TPSA) is 52.0 Å². The van der Waals surface area contributed by atoms with Gasteiger partial charge < -0.3 is 11.5 Å². The van der Waals surface area contributed by atoms with Gasteiger partial charge in [0.05, 0.1) is 16.7 Å². The fraction of sp³-hybridized carbons (Fsp3) is 0.111. The zero-order valence-corrected chi connectivity index (χ0v) is 19.2. The Morgan fingerprint density at radius 3 is 1.21 bits per heavy atom. The van der Waals surface area contributed by atoms with Crippen molar-refractivity contribution in [2.45, 2.75) is 18.5 Å². The summed E-state index contributed by atoms with van der Waals surface area (Å²) < 4.78 is 117. The van der Waals surface area contributed by atoms with Gasteiger partial charge in [-0.25, -0.2) is 0 Å². The first-order valence-electron chi connectivity index (χ1n) is 10.7. The van der Waals surface area contributed by atoms with E-state index in [1.54, 1.807) is 36.4 Å². The van der Waals surface area contributed by atoms with Crippen LogP contribution in [-0.4, -0.2) is 0 Å². The van der Waals surface area contributed by atoms with E-state index in [2.05, 4.69) is 0 Å². The third-order valence-corrected chi connectivity index (χ3v) is 5.31. The van der Waals surface area contributed by atoms with Gasteiger partial charge in [0.2, 0.25) is 0 Å². The zero-order chi connectivity index (χ0) is 28.3. The molecule has 0 aromatic heterocycles. The van der Waals surface area contributed by atoms with Crippen LogP contribution in [0.25, 0.3) is 22.3 Å². The Kier molecular flexibility index (Phi) is 7.99. The van der Waals surface area contributed by atoms with Crippen molar-refractivity contribution in [2.24, 2.45) is 0 Å². The molecule has 4 rings (SSSR count). The molecule has 0 saturated carbocycles. The van der Waals surface area contributed by atoms with Crippen LogP contribution in [0.2, 0.25) is 0 Å². The maximum Gasteiger partial charge on any atom is 0.417 e. The van der Waals surface area contributed by atoms with Gasteiger partial charge in [0.15, 0.2) is 0 Å². The highest BCUT2D eigenvalue weighted by molar-refractivity contribution is 5.75. The molecule has 38 heavy (non-hydrogen) atoms. The molecule has 4 N–H and O–H groups in total. The van der Waals surface area contributed by atoms with Crippen molar-refractivity contribution in [2.75, 3.05) is 11.5 Å². The summed E-state index contributed by atoms with van der Waals surface area (Å²) in [6.07, 6.45) is -14.0. The Balaban J connectivity index is 0.000000221. The highest BCUT2D eigenvalue weighted by atomic mass is 19.4. The quantitative estimate of drug-likeness (QED) is 0.196. The minimum absolute atomic E-state index is 0.194. The first-order chi connectivity index (χ1) is 17.6. The zero-order valence-electron chi connectivity index (χ0n) is 19.2. The van der Waals surface area contributed by atoms with Gasteiger partial charge >= 0.3 is 18.5 Å². The molecule has 0 fully saturated rings. The van der Waals surface area contributed by atoms with E-state index in [0.29, 0.717) is 17.7 Å². The van der Waals surface area contributed by atoms with E-state index in [-0.39, 0.29) is 16.9 Å². The summed E-state index contributed by atoms with van der Waals surface area (Å²) in [7, 11) is 0. The summed E-state index contributed by atoms with van der Waals surface area (Å²) in [5, 5.41) is 0. The number of rotatable bonds is 2. The smallest absolute Gasteiger partial charge is 0.399 e. The van der Waals surface area contributed by atoms with Crippen LogP contribution in [0.15, 0.2) is 91.0 Å². The third-order valence-electron chi connectivity index (χ3n) is 5.31. The molecule has 4 aromatic carbocycles. The van der Waals surface area contributed by atoms with Gasteiger partial charge in [0.1, 0.15) is 0 Å². The maximum atomic E-state index is 13.1. The summed E-state index contributed by atoms with van der Waals surface area (Å²) in [6, 6.07) is 19.4. The summed E-state index contributed by atoms with van der Waals surface area (Å²) >= 11 is 0. The molecule has 200 valence electrons. The molecule has 11 heteroatoms. The molecule has 0 amide bonds. The molecule has 0 radical (unpaired) electrons. The van der Waals surface area contributed by atoms with Crippen LogP contribution in [0, 0.1) is 0 Å². The van der Waals surface area contributed by atoms with Crippen molar-refractivity contribution in [1.82, 2.24) is 0 Å². The lowest BCUT2D eigenvalue weighted by Gasteiger charge is -2.18. The Morgan fingerprint density at radius 2 is 0.789 bits per heavy atom. The van der Waals surface area contributed by atoms with Gasteiger partial charge in [-0.2, -0.15) is 39.5 Å². The minimum Gasteiger partial charge on any atom is -0.399 e. The van der Waals surface area contributed by atoms with E-state index in [9.17, 15) is 39.5 Å². The predicted octanol–water partition coefficient (Wildman–Crippen LogP) is 8.93. The summed E-state index contributed by atoms with van der Waals surface area (Å²) in [5.74, 6) is 0. The number of nitrogen functional groups attached to an aromatic ring is 2. The Bertz CT molecular complexity index is 1330. The Morgan fingerprint density at radius 1 is 0.395 bits per heavy atom. The van der Waals surface area contributed by atoms with E-state index in [4.69, 9.17) is 11.5 Å². The number of anilines is 2. The molecule has 0 atom stereocenters. The van der Waals surface area contributed by atoms with Crippen LogP contribution < -0.4 is 11.5 Å². The lowest BCUT2D eigenvalue weighted by molar-refractivity contribution is -0.139. The maximum absolute atomic E-state index is 13.1. The standard InChI is InChI=1S/C14H10F6N2.C13H9F3/c15-13(16,17)11-5-7(21)1-3-9(11)10-4-2-8(22)6-12(10)14(18,19)20;14-13(15,16)12-9-5-4-8-11(12)10-6-2-1-3-7-10/h1-6H,21-22H2;1-9H. The van der Waals surface area contributed by atoms with E-state index in [0.717, 1.165) is 30.3 Å². The largest absolute Gasteiger partial charge is 0.417 e. The van der Waals surface area contributed by atoms with Crippen LogP contribution in [0.5, 0.6) is 0 Å². The van der Waals surface area contributed by atoms with E-state index in [1.165, 1.54) is 12.1 Å². The first-order valence-corrected chi connectivity index (χ1v) is 10.7. The van der Waals surface area contributed by atoms with Crippen molar-refractivity contribution in [3.8, 4) is 22.3 Å². The highest BCUT2D eigenvalue weighted by Gasteiger charge is 2.38. The normalized spacial score (nSPS) is 12.0. The second kappa shape index (κ2) is 10.7. The predicted molar refractivity (Wildman–Crippen MR) is 128 cm³/mol. The monoisotopic (exact) mass is 542 g/mol. The van der Waals surface area contributed by atoms with Gasteiger partial charge in [-0.05, 0) is 52.6 Å². The molecule has 0 unspecified atom stereocenters. The van der Waals surface area contributed by atoms with Gasteiger partial charge in [-0.3, -0.25) is 0 Å². The van der Waals surface area contributed by atoms with Gasteiger partial charge in [0, 0.05) is 11.4 Å². The van der Waals surface area contributed by atoms with Crippen LogP contribution in [0.3, 0.4) is 0 Å². The van der Waals surface area contributed by atoms with Crippen molar-refractivity contribution < 1.29 is 39.5 Å². The summed E-state index contributed by atoms with van der Waals surface area (Å²) in [5.41, 5.74) is 6.76. The SMILES string of the molecule is FC(F)(F)c1ccccc1-c1ccccc1.Nc1ccc(-c2ccc(N)cc2C(F)(F)F)c(C(F)(F)F)c1. The second-order valence-corrected chi connectivity index (χ2v) is 8.01. The van der Waals surface area contributed by atoms with Crippen molar-refractivity contribution in [3.63, 3.8) is 0 Å². The Labute approximate surface area is 211 Å². The average molecular weight is 542 g/mol. The lowest BCUT2D eigenvalue weighted by Crippen LogP contribution is -2.12. The molecule has 0 heterocycles. The number of hydrogen-bond donors (Lipinski definition) is 2. The highest BCUT2D eigenvalue weighted by Crippen LogP contribution is 2.44. The molecule has 2 nitrogen and oxygen atoms in total. The molecule has 4 aromatic rings. The number of hydrogen-bond acceptors (Lipinski definition) is 2. The number of halogens is 9. The van der Waals surface area contributed by atoms with Gasteiger partial charge in [-0.1, -0.05) is 60.7 Å². The molecule has 0 aliphatic rings. The van der Waals surface area contributed by atoms with E-state index in [1.807, 2.05) is 0 Å². The fourth-order valence-electron chi connectivity index (χ4n) is 3.66. The Hall–Kier alpha value is -4.15. The molecular formula is C27H19F9N2. The van der Waals surface area contributed by atoms with Gasteiger partial charge in [-0.15, -0.1) is 0 Å². The molecule has 0 bridgehead atoms. The van der Waals surface area contributed by atoms with Gasteiger partial charge in [0.25, 0.3) is 0 Å². The minimum atomic E-state index is -4.84. The number of nitrogens with two attached hydrogens (primary N) is 2. The average Bonchev–Trinajstić information content (AvgIpc) is 2.83. The number of alkyl halides is 9. The first kappa shape index (κ1) is 28.4. The van der Waals surface area contributed by atoms with E-state index < -0.39 is 46.3 Å². The molecule has 0 aliphatic heterocycles. The van der Waals surface area contributed by atoms with Crippen molar-refractivity contribution >= 4 is 11.4 Å². The third kappa shape index (κ3) is 6.78. The van der Waals surface area contributed by atoms with Crippen LogP contribution >= 0.6 is 0 Å². The van der Waals surface area contributed by atoms with Crippen LogP contribution in [0.1, 0.15) is 16.7 Å². The number of benzene rings is 4. The van der Waals surface area contributed by atoms with Crippen molar-refractivity contribution in [3.05, 3.63) is 108 Å². The summed E-state index contributed by atoms with van der Waals surface area (Å²) in [6.45, 7) is 0. The van der Waals surface area contributed by atoms with E-state index >= 15 is 0 Å². The second-order valence-electron chi connectivity index (χ2n) is 8.01. The van der Waals surface area contributed by atoms with Crippen molar-refractivity contribution in [1.29, 1.82) is 0 Å². The van der Waals surface area contributed by atoms with Crippen LogP contribution in [0.4, 0.5) is 50.9 Å². The molecule has 0 aliphatic carbocycles. The molecular weight excluding hydrogens is 523 g/mol. The molecule has 0 saturated heterocycles.